The molecule has 1 aliphatic carbocycles. The van der Waals surface area contributed by atoms with E-state index in [9.17, 15) is 9.59 Å². The van der Waals surface area contributed by atoms with Gasteiger partial charge < -0.3 is 10.6 Å². The van der Waals surface area contributed by atoms with E-state index >= 15 is 0 Å². The largest absolute Gasteiger partial charge is 0.369 e. The van der Waals surface area contributed by atoms with Gasteiger partial charge in [0.2, 0.25) is 11.8 Å². The first-order valence-corrected chi connectivity index (χ1v) is 9.69. The van der Waals surface area contributed by atoms with Crippen LogP contribution in [0.2, 0.25) is 0 Å². The zero-order chi connectivity index (χ0) is 17.9. The summed E-state index contributed by atoms with van der Waals surface area (Å²) in [5.41, 5.74) is 6.08. The van der Waals surface area contributed by atoms with E-state index in [0.717, 1.165) is 44.1 Å². The molecule has 2 aliphatic rings. The molecule has 1 aromatic rings. The minimum Gasteiger partial charge on any atom is -0.369 e. The molecule has 2 amide bonds. The standard InChI is InChI=1S/C21H30N2O2/c1-2-10-20(18(22)24)13-15-23(16-14-20)19(25)21(11-6-7-12-21)17-8-4-3-5-9-17/h3-5,8-9H,2,6-7,10-16H2,1H3,(H2,22,24). The van der Waals surface area contributed by atoms with E-state index in [1.54, 1.807) is 0 Å². The maximum atomic E-state index is 13.5. The minimum atomic E-state index is -0.416. The fraction of sp³-hybridized carbons (Fsp3) is 0.619. The first-order chi connectivity index (χ1) is 12.0. The lowest BCUT2D eigenvalue weighted by Gasteiger charge is -2.43. The quantitative estimate of drug-likeness (QED) is 0.891. The van der Waals surface area contributed by atoms with Crippen molar-refractivity contribution in [1.82, 2.24) is 4.90 Å². The van der Waals surface area contributed by atoms with Crippen LogP contribution < -0.4 is 5.73 Å². The lowest BCUT2D eigenvalue weighted by Crippen LogP contribution is -2.53. The Morgan fingerprint density at radius 2 is 1.64 bits per heavy atom. The van der Waals surface area contributed by atoms with Crippen molar-refractivity contribution in [3.05, 3.63) is 35.9 Å². The molecule has 0 aromatic heterocycles. The molecule has 2 fully saturated rings. The Morgan fingerprint density at radius 3 is 2.16 bits per heavy atom. The van der Waals surface area contributed by atoms with Gasteiger partial charge in [-0.3, -0.25) is 9.59 Å². The van der Waals surface area contributed by atoms with E-state index in [2.05, 4.69) is 19.1 Å². The summed E-state index contributed by atoms with van der Waals surface area (Å²) in [5.74, 6) is 0.0610. The molecule has 136 valence electrons. The number of likely N-dealkylation sites (tertiary alicyclic amines) is 1. The van der Waals surface area contributed by atoms with Crippen molar-refractivity contribution in [1.29, 1.82) is 0 Å². The van der Waals surface area contributed by atoms with Gasteiger partial charge in [0.1, 0.15) is 0 Å². The molecule has 1 heterocycles. The highest BCUT2D eigenvalue weighted by molar-refractivity contribution is 5.89. The Bertz CT molecular complexity index is 612. The van der Waals surface area contributed by atoms with E-state index in [1.807, 2.05) is 23.1 Å². The molecule has 3 rings (SSSR count). The maximum absolute atomic E-state index is 13.5. The third kappa shape index (κ3) is 3.19. The number of amides is 2. The highest BCUT2D eigenvalue weighted by Gasteiger charge is 2.47. The Hall–Kier alpha value is -1.84. The normalized spacial score (nSPS) is 21.9. The van der Waals surface area contributed by atoms with Gasteiger partial charge in [0.25, 0.3) is 0 Å². The SMILES string of the molecule is CCCC1(C(N)=O)CCN(C(=O)C2(c3ccccc3)CCCC2)CC1. The van der Waals surface area contributed by atoms with Crippen LogP contribution in [0.3, 0.4) is 0 Å². The van der Waals surface area contributed by atoms with Gasteiger partial charge in [0.15, 0.2) is 0 Å². The number of primary amides is 1. The molecule has 0 bridgehead atoms. The summed E-state index contributed by atoms with van der Waals surface area (Å²) in [6, 6.07) is 10.2. The van der Waals surface area contributed by atoms with Gasteiger partial charge in [-0.25, -0.2) is 0 Å². The smallest absolute Gasteiger partial charge is 0.233 e. The third-order valence-corrected chi connectivity index (χ3v) is 6.45. The van der Waals surface area contributed by atoms with Gasteiger partial charge in [-0.2, -0.15) is 0 Å². The fourth-order valence-electron chi connectivity index (χ4n) is 4.90. The van der Waals surface area contributed by atoms with Gasteiger partial charge in [-0.05, 0) is 37.7 Å². The van der Waals surface area contributed by atoms with Crippen LogP contribution in [-0.4, -0.2) is 29.8 Å². The average Bonchev–Trinajstić information content (AvgIpc) is 3.14. The van der Waals surface area contributed by atoms with Crippen LogP contribution in [0.15, 0.2) is 30.3 Å². The van der Waals surface area contributed by atoms with Gasteiger partial charge in [0.05, 0.1) is 10.8 Å². The van der Waals surface area contributed by atoms with Crippen molar-refractivity contribution < 1.29 is 9.59 Å². The lowest BCUT2D eigenvalue weighted by molar-refractivity contribution is -0.143. The van der Waals surface area contributed by atoms with E-state index in [0.29, 0.717) is 25.9 Å². The Kier molecular flexibility index (Phi) is 5.16. The number of nitrogens with zero attached hydrogens (tertiary/aromatic N) is 1. The molecule has 25 heavy (non-hydrogen) atoms. The lowest BCUT2D eigenvalue weighted by atomic mass is 9.72. The fourth-order valence-corrected chi connectivity index (χ4v) is 4.90. The topological polar surface area (TPSA) is 63.4 Å². The molecule has 1 aliphatic heterocycles. The van der Waals surface area contributed by atoms with Crippen LogP contribution in [0.4, 0.5) is 0 Å². The molecule has 2 N–H and O–H groups in total. The summed E-state index contributed by atoms with van der Waals surface area (Å²) in [6.45, 7) is 3.39. The van der Waals surface area contributed by atoms with Gasteiger partial charge in [-0.1, -0.05) is 56.5 Å². The van der Waals surface area contributed by atoms with Gasteiger partial charge in [-0.15, -0.1) is 0 Å². The van der Waals surface area contributed by atoms with E-state index in [-0.39, 0.29) is 17.2 Å². The van der Waals surface area contributed by atoms with Crippen LogP contribution in [0.1, 0.15) is 63.9 Å². The molecule has 0 atom stereocenters. The molecule has 0 radical (unpaired) electrons. The maximum Gasteiger partial charge on any atom is 0.233 e. The molecular weight excluding hydrogens is 312 g/mol. The second-order valence-corrected chi connectivity index (χ2v) is 7.84. The van der Waals surface area contributed by atoms with Crippen molar-refractivity contribution in [3.63, 3.8) is 0 Å². The van der Waals surface area contributed by atoms with E-state index in [4.69, 9.17) is 5.73 Å². The predicted molar refractivity (Wildman–Crippen MR) is 98.9 cm³/mol. The van der Waals surface area contributed by atoms with Crippen molar-refractivity contribution in [3.8, 4) is 0 Å². The molecule has 4 heteroatoms. The zero-order valence-electron chi connectivity index (χ0n) is 15.3. The van der Waals surface area contributed by atoms with E-state index in [1.165, 1.54) is 0 Å². The molecule has 0 unspecified atom stereocenters. The van der Waals surface area contributed by atoms with Crippen molar-refractivity contribution in [2.45, 2.75) is 63.7 Å². The Morgan fingerprint density at radius 1 is 1.04 bits per heavy atom. The summed E-state index contributed by atoms with van der Waals surface area (Å²) < 4.78 is 0. The number of hydrogen-bond acceptors (Lipinski definition) is 2. The number of rotatable bonds is 5. The van der Waals surface area contributed by atoms with Crippen molar-refractivity contribution in [2.24, 2.45) is 11.1 Å². The van der Waals surface area contributed by atoms with Crippen LogP contribution in [-0.2, 0) is 15.0 Å². The molecule has 0 spiro atoms. The molecule has 1 saturated heterocycles. The molecular formula is C21H30N2O2. The monoisotopic (exact) mass is 342 g/mol. The van der Waals surface area contributed by atoms with Crippen LogP contribution in [0, 0.1) is 5.41 Å². The summed E-state index contributed by atoms with van der Waals surface area (Å²) in [4.78, 5) is 27.5. The number of carbonyl (C=O) groups excluding carboxylic acids is 2. The zero-order valence-corrected chi connectivity index (χ0v) is 15.3. The molecule has 4 nitrogen and oxygen atoms in total. The number of carbonyl (C=O) groups is 2. The van der Waals surface area contributed by atoms with Crippen molar-refractivity contribution in [2.75, 3.05) is 13.1 Å². The summed E-state index contributed by atoms with van der Waals surface area (Å²) in [7, 11) is 0. The van der Waals surface area contributed by atoms with Crippen molar-refractivity contribution >= 4 is 11.8 Å². The molecule has 1 saturated carbocycles. The number of hydrogen-bond donors (Lipinski definition) is 1. The summed E-state index contributed by atoms with van der Waals surface area (Å²) in [5, 5.41) is 0. The minimum absolute atomic E-state index is 0.194. The first kappa shape index (κ1) is 18.0. The third-order valence-electron chi connectivity index (χ3n) is 6.45. The Labute approximate surface area is 150 Å². The van der Waals surface area contributed by atoms with E-state index < -0.39 is 5.41 Å². The summed E-state index contributed by atoms with van der Waals surface area (Å²) in [6.07, 6.45) is 7.26. The number of benzene rings is 1. The average molecular weight is 342 g/mol. The number of nitrogens with two attached hydrogens (primary N) is 1. The predicted octanol–water partition coefficient (Wildman–Crippen LogP) is 3.39. The second-order valence-electron chi connectivity index (χ2n) is 7.84. The van der Waals surface area contributed by atoms with Gasteiger partial charge in [0, 0.05) is 13.1 Å². The Balaban J connectivity index is 1.78. The molecule has 1 aromatic carbocycles. The summed E-state index contributed by atoms with van der Waals surface area (Å²) >= 11 is 0. The highest BCUT2D eigenvalue weighted by Crippen LogP contribution is 2.44. The van der Waals surface area contributed by atoms with Crippen LogP contribution in [0.25, 0.3) is 0 Å². The van der Waals surface area contributed by atoms with Gasteiger partial charge >= 0.3 is 0 Å². The highest BCUT2D eigenvalue weighted by atomic mass is 16.2. The first-order valence-electron chi connectivity index (χ1n) is 9.69. The van der Waals surface area contributed by atoms with Crippen LogP contribution in [0.5, 0.6) is 0 Å². The van der Waals surface area contributed by atoms with Crippen LogP contribution >= 0.6 is 0 Å². The second kappa shape index (κ2) is 7.19. The number of piperidine rings is 1.